The van der Waals surface area contributed by atoms with Crippen molar-refractivity contribution in [1.29, 1.82) is 0 Å². The molecule has 0 bridgehead atoms. The van der Waals surface area contributed by atoms with E-state index in [9.17, 15) is 4.79 Å². The Morgan fingerprint density at radius 2 is 2.58 bits per heavy atom. The summed E-state index contributed by atoms with van der Waals surface area (Å²) in [7, 11) is 0. The highest BCUT2D eigenvalue weighted by Crippen LogP contribution is 2.18. The summed E-state index contributed by atoms with van der Waals surface area (Å²) in [6.07, 6.45) is 0. The number of carbonyl (C=O) groups is 1. The molecule has 1 aliphatic heterocycles. The summed E-state index contributed by atoms with van der Waals surface area (Å²) in [5.41, 5.74) is 5.08. The molecule has 0 radical (unpaired) electrons. The Morgan fingerprint density at radius 1 is 1.92 bits per heavy atom. The molecule has 2 unspecified atom stereocenters. The number of nitrogens with two attached hydrogens (primary N) is 1. The van der Waals surface area contributed by atoms with Gasteiger partial charge in [-0.3, -0.25) is 9.79 Å². The van der Waals surface area contributed by atoms with Crippen LogP contribution in [0, 0.1) is 0 Å². The van der Waals surface area contributed by atoms with E-state index in [1.807, 2.05) is 0 Å². The van der Waals surface area contributed by atoms with Gasteiger partial charge in [-0.25, -0.2) is 0 Å². The largest absolute Gasteiger partial charge is 0.368 e. The van der Waals surface area contributed by atoms with E-state index in [0.717, 1.165) is 11.7 Å². The Hall–Kier alpha value is -0.710. The first-order chi connectivity index (χ1) is 5.59. The van der Waals surface area contributed by atoms with Gasteiger partial charge >= 0.3 is 0 Å². The Labute approximate surface area is 76.0 Å². The molecule has 0 spiro atoms. The third kappa shape index (κ3) is 2.41. The second-order valence-corrected chi connectivity index (χ2v) is 4.27. The zero-order valence-corrected chi connectivity index (χ0v) is 8.02. The lowest BCUT2D eigenvalue weighted by Gasteiger charge is -2.10. The van der Waals surface area contributed by atoms with Crippen LogP contribution in [0.25, 0.3) is 0 Å². The molecule has 5 heteroatoms. The maximum atomic E-state index is 10.7. The van der Waals surface area contributed by atoms with Gasteiger partial charge in [0.1, 0.15) is 6.04 Å². The number of carbonyl (C=O) groups excluding carboxylic acids is 1. The van der Waals surface area contributed by atoms with Crippen molar-refractivity contribution in [3.05, 3.63) is 0 Å². The summed E-state index contributed by atoms with van der Waals surface area (Å²) in [5.74, 6) is -0.349. The van der Waals surface area contributed by atoms with Crippen LogP contribution < -0.4 is 11.1 Å². The van der Waals surface area contributed by atoms with Gasteiger partial charge in [0.15, 0.2) is 5.17 Å². The fourth-order valence-electron chi connectivity index (χ4n) is 0.813. The smallest absolute Gasteiger partial charge is 0.239 e. The Morgan fingerprint density at radius 3 is 3.00 bits per heavy atom. The van der Waals surface area contributed by atoms with Crippen LogP contribution in [0.15, 0.2) is 4.99 Å². The second-order valence-electron chi connectivity index (χ2n) is 2.84. The molecule has 1 heterocycles. The molecule has 0 aromatic rings. The zero-order valence-electron chi connectivity index (χ0n) is 7.20. The van der Waals surface area contributed by atoms with Crippen molar-refractivity contribution in [2.24, 2.45) is 10.7 Å². The van der Waals surface area contributed by atoms with E-state index in [1.165, 1.54) is 0 Å². The van der Waals surface area contributed by atoms with E-state index in [0.29, 0.717) is 5.25 Å². The van der Waals surface area contributed by atoms with E-state index in [2.05, 4.69) is 17.2 Å². The molecule has 0 fully saturated rings. The SMILES string of the molecule is CC1CN=C(NC(C)C(N)=O)S1. The first-order valence-corrected chi connectivity index (χ1v) is 4.74. The van der Waals surface area contributed by atoms with Gasteiger partial charge in [0, 0.05) is 5.25 Å². The van der Waals surface area contributed by atoms with Crippen molar-refractivity contribution in [3.63, 3.8) is 0 Å². The molecule has 68 valence electrons. The topological polar surface area (TPSA) is 67.5 Å². The van der Waals surface area contributed by atoms with Crippen LogP contribution in [0.3, 0.4) is 0 Å². The summed E-state index contributed by atoms with van der Waals surface area (Å²) in [6, 6.07) is -0.332. The number of nitrogens with zero attached hydrogens (tertiary/aromatic N) is 1. The van der Waals surface area contributed by atoms with Gasteiger partial charge in [-0.2, -0.15) is 0 Å². The molecule has 0 aromatic carbocycles. The molecule has 1 amide bonds. The number of rotatable bonds is 2. The van der Waals surface area contributed by atoms with E-state index in [-0.39, 0.29) is 11.9 Å². The number of primary amides is 1. The van der Waals surface area contributed by atoms with Gasteiger partial charge in [0.2, 0.25) is 5.91 Å². The molecule has 0 saturated carbocycles. The van der Waals surface area contributed by atoms with E-state index < -0.39 is 0 Å². The van der Waals surface area contributed by atoms with Crippen LogP contribution in [-0.2, 0) is 4.79 Å². The predicted molar refractivity (Wildman–Crippen MR) is 51.1 cm³/mol. The number of aliphatic imine (C=N–C) groups is 1. The van der Waals surface area contributed by atoms with Crippen molar-refractivity contribution in [2.75, 3.05) is 6.54 Å². The molecular formula is C7H13N3OS. The minimum atomic E-state index is -0.349. The molecule has 0 saturated heterocycles. The van der Waals surface area contributed by atoms with E-state index >= 15 is 0 Å². The maximum Gasteiger partial charge on any atom is 0.239 e. The van der Waals surface area contributed by atoms with Crippen LogP contribution in [0.2, 0.25) is 0 Å². The van der Waals surface area contributed by atoms with Crippen LogP contribution in [0.5, 0.6) is 0 Å². The van der Waals surface area contributed by atoms with Crippen LogP contribution in [0.4, 0.5) is 0 Å². The first kappa shape index (κ1) is 9.38. The van der Waals surface area contributed by atoms with Gasteiger partial charge in [-0.15, -0.1) is 0 Å². The lowest BCUT2D eigenvalue weighted by Crippen LogP contribution is -2.40. The van der Waals surface area contributed by atoms with Crippen molar-refractivity contribution in [3.8, 4) is 0 Å². The van der Waals surface area contributed by atoms with Gasteiger partial charge < -0.3 is 11.1 Å². The monoisotopic (exact) mass is 187 g/mol. The minimum absolute atomic E-state index is 0.332. The number of hydrogen-bond acceptors (Lipinski definition) is 4. The molecule has 0 aromatic heterocycles. The third-order valence-corrected chi connectivity index (χ3v) is 2.59. The van der Waals surface area contributed by atoms with Crippen LogP contribution >= 0.6 is 11.8 Å². The fourth-order valence-corrected chi connectivity index (χ4v) is 1.74. The lowest BCUT2D eigenvalue weighted by molar-refractivity contribution is -0.119. The first-order valence-electron chi connectivity index (χ1n) is 3.86. The van der Waals surface area contributed by atoms with Crippen molar-refractivity contribution >= 4 is 22.8 Å². The standard InChI is InChI=1S/C7H13N3OS/c1-4-3-9-7(12-4)10-5(2)6(8)11/h4-5H,3H2,1-2H3,(H2,8,11)(H,9,10). The van der Waals surface area contributed by atoms with Crippen LogP contribution in [-0.4, -0.2) is 28.9 Å². The number of amidine groups is 1. The zero-order chi connectivity index (χ0) is 9.14. The molecule has 0 aliphatic carbocycles. The van der Waals surface area contributed by atoms with Crippen LogP contribution in [0.1, 0.15) is 13.8 Å². The van der Waals surface area contributed by atoms with Gasteiger partial charge in [0.05, 0.1) is 6.54 Å². The average Bonchev–Trinajstić information content (AvgIpc) is 2.35. The second kappa shape index (κ2) is 3.80. The quantitative estimate of drug-likeness (QED) is 0.636. The van der Waals surface area contributed by atoms with Gasteiger partial charge in [-0.1, -0.05) is 18.7 Å². The Bertz CT molecular complexity index is 217. The highest BCUT2D eigenvalue weighted by molar-refractivity contribution is 8.14. The lowest BCUT2D eigenvalue weighted by atomic mass is 10.3. The Balaban J connectivity index is 2.37. The van der Waals surface area contributed by atoms with Crippen molar-refractivity contribution < 1.29 is 4.79 Å². The van der Waals surface area contributed by atoms with Gasteiger partial charge in [0.25, 0.3) is 0 Å². The number of nitrogens with one attached hydrogen (secondary N) is 1. The van der Waals surface area contributed by atoms with E-state index in [1.54, 1.807) is 18.7 Å². The summed E-state index contributed by atoms with van der Waals surface area (Å²) in [4.78, 5) is 14.9. The third-order valence-electron chi connectivity index (χ3n) is 1.57. The van der Waals surface area contributed by atoms with Gasteiger partial charge in [-0.05, 0) is 6.92 Å². The van der Waals surface area contributed by atoms with Crippen molar-refractivity contribution in [2.45, 2.75) is 25.1 Å². The minimum Gasteiger partial charge on any atom is -0.368 e. The molecule has 1 aliphatic rings. The van der Waals surface area contributed by atoms with E-state index in [4.69, 9.17) is 5.73 Å². The molecule has 12 heavy (non-hydrogen) atoms. The molecular weight excluding hydrogens is 174 g/mol. The average molecular weight is 187 g/mol. The molecule has 1 rings (SSSR count). The predicted octanol–water partition coefficient (Wildman–Crippen LogP) is -0.0589. The summed E-state index contributed by atoms with van der Waals surface area (Å²) < 4.78 is 0. The summed E-state index contributed by atoms with van der Waals surface area (Å²) in [6.45, 7) is 4.64. The number of amides is 1. The Kier molecular flexibility index (Phi) is 2.97. The summed E-state index contributed by atoms with van der Waals surface area (Å²) in [5, 5.41) is 4.28. The molecule has 4 nitrogen and oxygen atoms in total. The highest BCUT2D eigenvalue weighted by Gasteiger charge is 2.18. The molecule has 2 atom stereocenters. The number of hydrogen-bond donors (Lipinski definition) is 2. The maximum absolute atomic E-state index is 10.7. The fraction of sp³-hybridized carbons (Fsp3) is 0.714. The highest BCUT2D eigenvalue weighted by atomic mass is 32.2. The van der Waals surface area contributed by atoms with Crippen molar-refractivity contribution in [1.82, 2.24) is 5.32 Å². The number of thioether (sulfide) groups is 1. The summed E-state index contributed by atoms with van der Waals surface area (Å²) >= 11 is 1.64. The molecule has 3 N–H and O–H groups in total. The normalized spacial score (nSPS) is 24.8.